The van der Waals surface area contributed by atoms with Crippen LogP contribution in [0.15, 0.2) is 42.5 Å². The molecule has 2 aromatic carbocycles. The maximum Gasteiger partial charge on any atom is 0.331 e. The van der Waals surface area contributed by atoms with Gasteiger partial charge in [0, 0.05) is 6.54 Å². The highest BCUT2D eigenvalue weighted by Gasteiger charge is 2.30. The number of benzene rings is 2. The van der Waals surface area contributed by atoms with Crippen LogP contribution in [0.5, 0.6) is 17.2 Å². The molecule has 0 saturated heterocycles. The second kappa shape index (κ2) is 10.9. The molecule has 2 aromatic rings. The normalized spacial score (nSPS) is 12.3. The van der Waals surface area contributed by atoms with Gasteiger partial charge in [-0.1, -0.05) is 18.2 Å². The van der Waals surface area contributed by atoms with E-state index < -0.39 is 24.1 Å². The van der Waals surface area contributed by atoms with E-state index in [2.05, 4.69) is 10.6 Å². The average molecular weight is 418 g/mol. The molecule has 0 bridgehead atoms. The quantitative estimate of drug-likeness (QED) is 0.532. The highest BCUT2D eigenvalue weighted by atomic mass is 16.5. The van der Waals surface area contributed by atoms with Crippen molar-refractivity contribution in [1.82, 2.24) is 10.6 Å². The molecule has 9 nitrogen and oxygen atoms in total. The Balaban J connectivity index is 2.05. The van der Waals surface area contributed by atoms with E-state index in [1.165, 1.54) is 28.4 Å². The van der Waals surface area contributed by atoms with E-state index >= 15 is 0 Å². The molecule has 0 aromatic heterocycles. The molecule has 2 rings (SSSR count). The van der Waals surface area contributed by atoms with Crippen LogP contribution in [-0.4, -0.2) is 51.6 Å². The predicted octanol–water partition coefficient (Wildman–Crippen LogP) is 1.79. The number of esters is 1. The molecule has 162 valence electrons. The van der Waals surface area contributed by atoms with Crippen LogP contribution < -0.4 is 24.8 Å². The van der Waals surface area contributed by atoms with Crippen LogP contribution in [-0.2, 0) is 16.1 Å². The summed E-state index contributed by atoms with van der Waals surface area (Å²) >= 11 is 0. The number of urea groups is 1. The lowest BCUT2D eigenvalue weighted by molar-refractivity contribution is -0.146. The molecule has 3 N–H and O–H groups in total. The summed E-state index contributed by atoms with van der Waals surface area (Å²) in [6, 6.07) is 9.76. The van der Waals surface area contributed by atoms with Crippen LogP contribution in [0.4, 0.5) is 4.79 Å². The van der Waals surface area contributed by atoms with E-state index in [1.54, 1.807) is 42.5 Å². The van der Waals surface area contributed by atoms with Crippen molar-refractivity contribution in [2.45, 2.75) is 18.7 Å². The van der Waals surface area contributed by atoms with E-state index in [0.717, 1.165) is 5.56 Å². The van der Waals surface area contributed by atoms with Crippen LogP contribution in [0.1, 0.15) is 17.2 Å². The summed E-state index contributed by atoms with van der Waals surface area (Å²) in [5.74, 6) is 0.916. The van der Waals surface area contributed by atoms with Gasteiger partial charge in [0.2, 0.25) is 0 Å². The number of carbonyl (C=O) groups excluding carboxylic acids is 2. The topological polar surface area (TPSA) is 115 Å². The van der Waals surface area contributed by atoms with Crippen LogP contribution in [0.3, 0.4) is 0 Å². The second-order valence-corrected chi connectivity index (χ2v) is 6.24. The van der Waals surface area contributed by atoms with Gasteiger partial charge in [0.15, 0.2) is 17.5 Å². The fourth-order valence-electron chi connectivity index (χ4n) is 2.75. The number of rotatable bonds is 9. The molecular formula is C21H26N2O7. The van der Waals surface area contributed by atoms with Crippen molar-refractivity contribution in [3.63, 3.8) is 0 Å². The van der Waals surface area contributed by atoms with Gasteiger partial charge >= 0.3 is 12.0 Å². The molecule has 9 heteroatoms. The number of hydrogen-bond acceptors (Lipinski definition) is 7. The molecule has 30 heavy (non-hydrogen) atoms. The minimum Gasteiger partial charge on any atom is -0.497 e. The van der Waals surface area contributed by atoms with Gasteiger partial charge in [-0.2, -0.15) is 0 Å². The van der Waals surface area contributed by atoms with E-state index in [1.807, 2.05) is 0 Å². The number of aliphatic hydroxyl groups excluding tert-OH is 1. The van der Waals surface area contributed by atoms with E-state index in [4.69, 9.17) is 18.9 Å². The zero-order valence-corrected chi connectivity index (χ0v) is 17.3. The van der Waals surface area contributed by atoms with Gasteiger partial charge in [-0.15, -0.1) is 0 Å². The number of ether oxygens (including phenoxy) is 4. The standard InChI is InChI=1S/C21H26N2O7/c1-27-15-8-6-14(7-9-15)19(24)18(20(25)30-4)23-21(26)22-12-13-5-10-16(28-2)17(11-13)29-3/h5-11,18-19,24H,12H2,1-4H3,(H2,22,23,26). The fourth-order valence-corrected chi connectivity index (χ4v) is 2.75. The summed E-state index contributed by atoms with van der Waals surface area (Å²) in [5, 5.41) is 15.7. The van der Waals surface area contributed by atoms with Crippen LogP contribution in [0.2, 0.25) is 0 Å². The monoisotopic (exact) mass is 418 g/mol. The van der Waals surface area contributed by atoms with Crippen molar-refractivity contribution in [3.05, 3.63) is 53.6 Å². The second-order valence-electron chi connectivity index (χ2n) is 6.24. The maximum absolute atomic E-state index is 12.3. The molecular weight excluding hydrogens is 392 g/mol. The first-order valence-corrected chi connectivity index (χ1v) is 9.08. The van der Waals surface area contributed by atoms with Crippen molar-refractivity contribution in [2.75, 3.05) is 28.4 Å². The Bertz CT molecular complexity index is 855. The lowest BCUT2D eigenvalue weighted by Gasteiger charge is -2.22. The molecule has 0 fully saturated rings. The minimum atomic E-state index is -1.31. The molecule has 2 atom stereocenters. The molecule has 2 amide bonds. The highest BCUT2D eigenvalue weighted by molar-refractivity contribution is 5.84. The SMILES string of the molecule is COC(=O)C(NC(=O)NCc1ccc(OC)c(OC)c1)C(O)c1ccc(OC)cc1. The van der Waals surface area contributed by atoms with Crippen LogP contribution in [0, 0.1) is 0 Å². The lowest BCUT2D eigenvalue weighted by Crippen LogP contribution is -2.49. The van der Waals surface area contributed by atoms with Crippen molar-refractivity contribution in [1.29, 1.82) is 0 Å². The molecule has 0 aliphatic carbocycles. The van der Waals surface area contributed by atoms with E-state index in [0.29, 0.717) is 22.8 Å². The Labute approximate surface area is 174 Å². The van der Waals surface area contributed by atoms with E-state index in [-0.39, 0.29) is 6.54 Å². The van der Waals surface area contributed by atoms with Crippen molar-refractivity contribution in [2.24, 2.45) is 0 Å². The largest absolute Gasteiger partial charge is 0.497 e. The van der Waals surface area contributed by atoms with Gasteiger partial charge < -0.3 is 34.7 Å². The third-order valence-electron chi connectivity index (χ3n) is 4.42. The van der Waals surface area contributed by atoms with Crippen LogP contribution in [0.25, 0.3) is 0 Å². The third kappa shape index (κ3) is 5.77. The zero-order valence-electron chi connectivity index (χ0n) is 17.3. The molecule has 0 radical (unpaired) electrons. The molecule has 0 heterocycles. The number of aliphatic hydroxyl groups is 1. The van der Waals surface area contributed by atoms with Gasteiger partial charge in [-0.3, -0.25) is 0 Å². The summed E-state index contributed by atoms with van der Waals surface area (Å²) in [6.07, 6.45) is -1.31. The number of methoxy groups -OCH3 is 4. The minimum absolute atomic E-state index is 0.165. The number of hydrogen-bond donors (Lipinski definition) is 3. The number of carbonyl (C=O) groups is 2. The van der Waals surface area contributed by atoms with Crippen molar-refractivity contribution < 1.29 is 33.6 Å². The molecule has 0 aliphatic heterocycles. The molecule has 0 saturated carbocycles. The predicted molar refractivity (Wildman–Crippen MR) is 109 cm³/mol. The summed E-state index contributed by atoms with van der Waals surface area (Å²) in [7, 11) is 5.75. The summed E-state index contributed by atoms with van der Waals surface area (Å²) in [4.78, 5) is 24.5. The first-order chi connectivity index (χ1) is 14.4. The molecule has 2 unspecified atom stereocenters. The lowest BCUT2D eigenvalue weighted by atomic mass is 10.0. The Hall–Kier alpha value is -3.46. The fraction of sp³-hybridized carbons (Fsp3) is 0.333. The molecule has 0 spiro atoms. The zero-order chi connectivity index (χ0) is 22.1. The first kappa shape index (κ1) is 22.8. The van der Waals surface area contributed by atoms with Gasteiger partial charge in [0.25, 0.3) is 0 Å². The Morgan fingerprint density at radius 3 is 2.17 bits per heavy atom. The van der Waals surface area contributed by atoms with Crippen molar-refractivity contribution >= 4 is 12.0 Å². The number of nitrogens with one attached hydrogen (secondary N) is 2. The van der Waals surface area contributed by atoms with Gasteiger partial charge in [0.1, 0.15) is 11.9 Å². The first-order valence-electron chi connectivity index (χ1n) is 9.08. The van der Waals surface area contributed by atoms with Gasteiger partial charge in [-0.25, -0.2) is 9.59 Å². The highest BCUT2D eigenvalue weighted by Crippen LogP contribution is 2.27. The van der Waals surface area contributed by atoms with Crippen molar-refractivity contribution in [3.8, 4) is 17.2 Å². The van der Waals surface area contributed by atoms with Gasteiger partial charge in [0.05, 0.1) is 28.4 Å². The summed E-state index contributed by atoms with van der Waals surface area (Å²) in [6.45, 7) is 0.165. The Morgan fingerprint density at radius 2 is 1.60 bits per heavy atom. The summed E-state index contributed by atoms with van der Waals surface area (Å²) < 4.78 is 20.2. The summed E-state index contributed by atoms with van der Waals surface area (Å²) in [5.41, 5.74) is 1.18. The average Bonchev–Trinajstić information content (AvgIpc) is 2.79. The maximum atomic E-state index is 12.3. The van der Waals surface area contributed by atoms with Gasteiger partial charge in [-0.05, 0) is 35.4 Å². The Kier molecular flexibility index (Phi) is 8.30. The number of amides is 2. The van der Waals surface area contributed by atoms with E-state index in [9.17, 15) is 14.7 Å². The molecule has 0 aliphatic rings. The smallest absolute Gasteiger partial charge is 0.331 e. The Morgan fingerprint density at radius 1 is 0.933 bits per heavy atom. The third-order valence-corrected chi connectivity index (χ3v) is 4.42. The van der Waals surface area contributed by atoms with Crippen LogP contribution >= 0.6 is 0 Å².